The molecule has 0 heterocycles. The van der Waals surface area contributed by atoms with Crippen LogP contribution in [0.4, 0.5) is 0 Å². The molecule has 8 nitrogen and oxygen atoms in total. The Morgan fingerprint density at radius 2 is 1.59 bits per heavy atom. The van der Waals surface area contributed by atoms with Crippen LogP contribution in [0.5, 0.6) is 0 Å². The van der Waals surface area contributed by atoms with Crippen molar-refractivity contribution in [2.75, 3.05) is 6.61 Å². The molecule has 0 bridgehead atoms. The van der Waals surface area contributed by atoms with Gasteiger partial charge >= 0.3 is 23.9 Å². The lowest BCUT2D eigenvalue weighted by molar-refractivity contribution is -0.187. The molecular formula is C24H30O8. The topological polar surface area (TPSA) is 105 Å². The first kappa shape index (κ1) is 25.1. The minimum Gasteiger partial charge on any atom is -0.463 e. The van der Waals surface area contributed by atoms with E-state index in [0.29, 0.717) is 18.4 Å². The van der Waals surface area contributed by atoms with Gasteiger partial charge in [-0.2, -0.15) is 0 Å². The van der Waals surface area contributed by atoms with Crippen LogP contribution in [0.3, 0.4) is 0 Å². The van der Waals surface area contributed by atoms with E-state index in [1.165, 1.54) is 26.8 Å². The summed E-state index contributed by atoms with van der Waals surface area (Å²) in [6.07, 6.45) is 1.19. The highest BCUT2D eigenvalue weighted by molar-refractivity contribution is 5.86. The second-order valence-corrected chi connectivity index (χ2v) is 7.64. The summed E-state index contributed by atoms with van der Waals surface area (Å²) >= 11 is 0. The molecule has 0 unspecified atom stereocenters. The van der Waals surface area contributed by atoms with Crippen molar-refractivity contribution in [2.24, 2.45) is 0 Å². The number of carbonyl (C=O) groups excluding carboxylic acids is 4. The van der Waals surface area contributed by atoms with E-state index in [1.807, 2.05) is 30.3 Å². The highest BCUT2D eigenvalue weighted by atomic mass is 16.6. The second-order valence-electron chi connectivity index (χ2n) is 7.64. The van der Waals surface area contributed by atoms with E-state index in [1.54, 1.807) is 6.92 Å². The van der Waals surface area contributed by atoms with Gasteiger partial charge < -0.3 is 18.9 Å². The maximum Gasteiger partial charge on any atom is 0.354 e. The normalized spacial score (nSPS) is 22.3. The van der Waals surface area contributed by atoms with Crippen LogP contribution < -0.4 is 0 Å². The number of hydrogen-bond acceptors (Lipinski definition) is 8. The standard InChI is InChI=1S/C24H30O8/c1-5-29-23(28)24(32-18(4)27)14-20(13-9-12-19-10-7-6-8-11-19)22(31-17(3)26)21(15-24)30-16(2)25/h6-8,10-11,14,21-22H,5,9,12-13,15H2,1-4H3/t21-,22-,24+/m1/s1. The highest BCUT2D eigenvalue weighted by Crippen LogP contribution is 2.37. The molecule has 1 aliphatic carbocycles. The van der Waals surface area contributed by atoms with Crippen LogP contribution in [0.2, 0.25) is 0 Å². The zero-order valence-electron chi connectivity index (χ0n) is 18.9. The molecule has 0 fully saturated rings. The summed E-state index contributed by atoms with van der Waals surface area (Å²) in [5.74, 6) is -2.63. The summed E-state index contributed by atoms with van der Waals surface area (Å²) in [4.78, 5) is 48.3. The van der Waals surface area contributed by atoms with Gasteiger partial charge in [0.2, 0.25) is 5.60 Å². The van der Waals surface area contributed by atoms with Crippen molar-refractivity contribution in [1.82, 2.24) is 0 Å². The van der Waals surface area contributed by atoms with E-state index >= 15 is 0 Å². The van der Waals surface area contributed by atoms with Crippen molar-refractivity contribution in [1.29, 1.82) is 0 Å². The zero-order valence-corrected chi connectivity index (χ0v) is 18.9. The summed E-state index contributed by atoms with van der Waals surface area (Å²) in [6.45, 7) is 5.37. The Morgan fingerprint density at radius 3 is 2.16 bits per heavy atom. The number of hydrogen-bond donors (Lipinski definition) is 0. The second kappa shape index (κ2) is 11.5. The number of rotatable bonds is 9. The number of esters is 4. The van der Waals surface area contributed by atoms with Crippen LogP contribution in [0.1, 0.15) is 52.5 Å². The average Bonchev–Trinajstić information content (AvgIpc) is 2.70. The molecule has 0 saturated heterocycles. The molecule has 0 radical (unpaired) electrons. The largest absolute Gasteiger partial charge is 0.463 e. The monoisotopic (exact) mass is 446 g/mol. The molecule has 0 aliphatic heterocycles. The van der Waals surface area contributed by atoms with Gasteiger partial charge in [0.15, 0.2) is 6.10 Å². The Bertz CT molecular complexity index is 860. The van der Waals surface area contributed by atoms with Crippen LogP contribution in [-0.2, 0) is 44.5 Å². The lowest BCUT2D eigenvalue weighted by Crippen LogP contribution is -2.53. The fourth-order valence-corrected chi connectivity index (χ4v) is 3.85. The number of carbonyl (C=O) groups is 4. The molecule has 1 aliphatic rings. The van der Waals surface area contributed by atoms with Gasteiger partial charge in [-0.15, -0.1) is 0 Å². The van der Waals surface area contributed by atoms with Gasteiger partial charge in [0, 0.05) is 27.2 Å². The lowest BCUT2D eigenvalue weighted by atomic mass is 9.80. The Labute approximate surface area is 187 Å². The van der Waals surface area contributed by atoms with Crippen LogP contribution in [-0.4, -0.2) is 48.3 Å². The van der Waals surface area contributed by atoms with E-state index in [0.717, 1.165) is 12.0 Å². The van der Waals surface area contributed by atoms with Gasteiger partial charge in [-0.05, 0) is 43.4 Å². The number of benzene rings is 1. The minimum absolute atomic E-state index is 0.0740. The maximum atomic E-state index is 12.9. The van der Waals surface area contributed by atoms with E-state index in [9.17, 15) is 19.2 Å². The van der Waals surface area contributed by atoms with E-state index < -0.39 is 41.7 Å². The Balaban J connectivity index is 2.44. The smallest absolute Gasteiger partial charge is 0.354 e. The summed E-state index contributed by atoms with van der Waals surface area (Å²) < 4.78 is 21.5. The molecule has 0 saturated carbocycles. The SMILES string of the molecule is CCOC(=O)[C@]1(OC(C)=O)C=C(CCCc2ccccc2)[C@@H](OC(C)=O)[C@H](OC(C)=O)C1. The third kappa shape index (κ3) is 6.93. The molecule has 1 aromatic carbocycles. The van der Waals surface area contributed by atoms with E-state index in [4.69, 9.17) is 18.9 Å². The molecule has 174 valence electrons. The van der Waals surface area contributed by atoms with Gasteiger partial charge in [-0.25, -0.2) is 4.79 Å². The van der Waals surface area contributed by atoms with Crippen LogP contribution in [0.15, 0.2) is 42.0 Å². The van der Waals surface area contributed by atoms with Crippen LogP contribution in [0.25, 0.3) is 0 Å². The maximum absolute atomic E-state index is 12.9. The third-order valence-corrected chi connectivity index (χ3v) is 4.96. The van der Waals surface area contributed by atoms with Crippen molar-refractivity contribution in [3.63, 3.8) is 0 Å². The predicted molar refractivity (Wildman–Crippen MR) is 114 cm³/mol. The van der Waals surface area contributed by atoms with E-state index in [-0.39, 0.29) is 13.0 Å². The first-order valence-corrected chi connectivity index (χ1v) is 10.6. The van der Waals surface area contributed by atoms with Crippen LogP contribution in [0, 0.1) is 0 Å². The quantitative estimate of drug-likeness (QED) is 0.324. The zero-order chi connectivity index (χ0) is 23.7. The van der Waals surface area contributed by atoms with Gasteiger partial charge in [0.1, 0.15) is 6.10 Å². The molecule has 2 rings (SSSR count). The fraction of sp³-hybridized carbons (Fsp3) is 0.500. The average molecular weight is 446 g/mol. The Morgan fingerprint density at radius 1 is 0.938 bits per heavy atom. The minimum atomic E-state index is -1.78. The molecule has 0 amide bonds. The van der Waals surface area contributed by atoms with Gasteiger partial charge in [-0.3, -0.25) is 14.4 Å². The Kier molecular flexibility index (Phi) is 8.99. The molecule has 8 heteroatoms. The number of aryl methyl sites for hydroxylation is 1. The summed E-state index contributed by atoms with van der Waals surface area (Å²) in [5, 5.41) is 0. The van der Waals surface area contributed by atoms with Gasteiger partial charge in [-0.1, -0.05) is 30.3 Å². The molecule has 0 aromatic heterocycles. The summed E-state index contributed by atoms with van der Waals surface area (Å²) in [6, 6.07) is 9.82. The van der Waals surface area contributed by atoms with Crippen molar-refractivity contribution < 1.29 is 38.1 Å². The highest BCUT2D eigenvalue weighted by Gasteiger charge is 2.51. The molecule has 0 spiro atoms. The van der Waals surface area contributed by atoms with Crippen molar-refractivity contribution in [3.8, 4) is 0 Å². The molecule has 3 atom stereocenters. The molecule has 0 N–H and O–H groups in total. The first-order valence-electron chi connectivity index (χ1n) is 10.6. The van der Waals surface area contributed by atoms with Gasteiger partial charge in [0.05, 0.1) is 6.61 Å². The van der Waals surface area contributed by atoms with Crippen molar-refractivity contribution in [3.05, 3.63) is 47.5 Å². The molecule has 1 aromatic rings. The number of ether oxygens (including phenoxy) is 4. The fourth-order valence-electron chi connectivity index (χ4n) is 3.85. The van der Waals surface area contributed by atoms with Gasteiger partial charge in [0.25, 0.3) is 0 Å². The van der Waals surface area contributed by atoms with Crippen molar-refractivity contribution >= 4 is 23.9 Å². The van der Waals surface area contributed by atoms with Crippen molar-refractivity contribution in [2.45, 2.75) is 71.2 Å². The molecule has 32 heavy (non-hydrogen) atoms. The summed E-state index contributed by atoms with van der Waals surface area (Å²) in [5.41, 5.74) is -0.121. The first-order chi connectivity index (χ1) is 15.2. The summed E-state index contributed by atoms with van der Waals surface area (Å²) in [7, 11) is 0. The Hall–Kier alpha value is -3.16. The predicted octanol–water partition coefficient (Wildman–Crippen LogP) is 3.07. The van der Waals surface area contributed by atoms with Crippen LogP contribution >= 0.6 is 0 Å². The third-order valence-electron chi connectivity index (χ3n) is 4.96. The molecular weight excluding hydrogens is 416 g/mol. The lowest BCUT2D eigenvalue weighted by Gasteiger charge is -2.40. The van der Waals surface area contributed by atoms with E-state index in [2.05, 4.69) is 0 Å².